The van der Waals surface area contributed by atoms with Crippen LogP contribution in [0.4, 0.5) is 10.1 Å². The fourth-order valence-electron chi connectivity index (χ4n) is 3.53. The third-order valence-corrected chi connectivity index (χ3v) is 5.45. The van der Waals surface area contributed by atoms with E-state index in [1.807, 2.05) is 19.1 Å². The minimum atomic E-state index is -0.559. The van der Waals surface area contributed by atoms with Gasteiger partial charge in [0, 0.05) is 10.6 Å². The number of halogens is 2. The maximum absolute atomic E-state index is 14.2. The van der Waals surface area contributed by atoms with Crippen LogP contribution in [0.3, 0.4) is 0 Å². The Bertz CT molecular complexity index is 1240. The van der Waals surface area contributed by atoms with E-state index >= 15 is 0 Å². The molecular weight excluding hydrogens is 431 g/mol. The number of hydrogen-bond donors (Lipinski definition) is 1. The van der Waals surface area contributed by atoms with Gasteiger partial charge < -0.3 is 10.1 Å². The Kier molecular flexibility index (Phi) is 5.97. The van der Waals surface area contributed by atoms with Crippen LogP contribution in [0.1, 0.15) is 16.7 Å². The summed E-state index contributed by atoms with van der Waals surface area (Å²) in [6, 6.07) is 18.3. The highest BCUT2D eigenvalue weighted by molar-refractivity contribution is 6.36. The number of ether oxygens (including phenoxy) is 1. The lowest BCUT2D eigenvalue weighted by Crippen LogP contribution is -2.32. The van der Waals surface area contributed by atoms with Crippen LogP contribution in [0.15, 0.2) is 72.4 Å². The Morgan fingerprint density at radius 2 is 1.72 bits per heavy atom. The van der Waals surface area contributed by atoms with Gasteiger partial charge in [0.05, 0.1) is 24.9 Å². The number of benzene rings is 3. The predicted molar refractivity (Wildman–Crippen MR) is 122 cm³/mol. The highest BCUT2D eigenvalue weighted by Gasteiger charge is 2.39. The van der Waals surface area contributed by atoms with Crippen LogP contribution in [0.25, 0.3) is 5.57 Å². The maximum Gasteiger partial charge on any atom is 0.278 e. The first kappa shape index (κ1) is 21.6. The number of carbonyl (C=O) groups excluding carboxylic acids is 2. The van der Waals surface area contributed by atoms with Gasteiger partial charge in [-0.1, -0.05) is 59.6 Å². The largest absolute Gasteiger partial charge is 0.495 e. The van der Waals surface area contributed by atoms with Gasteiger partial charge in [-0.3, -0.25) is 14.5 Å². The van der Waals surface area contributed by atoms with E-state index in [2.05, 4.69) is 5.32 Å². The van der Waals surface area contributed by atoms with E-state index in [1.54, 1.807) is 48.5 Å². The molecule has 0 radical (unpaired) electrons. The van der Waals surface area contributed by atoms with Crippen molar-refractivity contribution in [3.8, 4) is 5.75 Å². The Morgan fingerprint density at radius 1 is 1.00 bits per heavy atom. The van der Waals surface area contributed by atoms with Crippen molar-refractivity contribution in [2.45, 2.75) is 13.5 Å². The molecule has 1 aliphatic rings. The molecule has 3 aromatic carbocycles. The van der Waals surface area contributed by atoms with E-state index < -0.39 is 17.6 Å². The average Bonchev–Trinajstić information content (AvgIpc) is 3.00. The second-order valence-electron chi connectivity index (χ2n) is 7.37. The molecule has 4 rings (SSSR count). The minimum Gasteiger partial charge on any atom is -0.495 e. The van der Waals surface area contributed by atoms with Gasteiger partial charge in [0.2, 0.25) is 0 Å². The van der Waals surface area contributed by atoms with Gasteiger partial charge in [-0.05, 0) is 36.8 Å². The standard InChI is InChI=1S/C25H20ClFN2O3/c1-15-7-9-16(10-8-15)22-23(28-20-13-18(26)11-12-21(20)32-2)25(31)29(24(22)30)14-17-5-3-4-6-19(17)27/h3-13,28H,14H2,1-2H3. The molecule has 1 aliphatic heterocycles. The molecule has 7 heteroatoms. The Hall–Kier alpha value is -3.64. The molecule has 0 aliphatic carbocycles. The Labute approximate surface area is 190 Å². The Balaban J connectivity index is 1.79. The third kappa shape index (κ3) is 4.09. The number of nitrogens with one attached hydrogen (secondary N) is 1. The zero-order valence-corrected chi connectivity index (χ0v) is 18.2. The molecule has 0 bridgehead atoms. The fraction of sp³-hybridized carbons (Fsp3) is 0.120. The molecule has 1 heterocycles. The molecule has 162 valence electrons. The second-order valence-corrected chi connectivity index (χ2v) is 7.81. The van der Waals surface area contributed by atoms with Gasteiger partial charge in [-0.2, -0.15) is 0 Å². The number of carbonyl (C=O) groups is 2. The van der Waals surface area contributed by atoms with Gasteiger partial charge in [0.1, 0.15) is 17.3 Å². The SMILES string of the molecule is COc1ccc(Cl)cc1NC1=C(c2ccc(C)cc2)C(=O)N(Cc2ccccc2F)C1=O. The summed E-state index contributed by atoms with van der Waals surface area (Å²) < 4.78 is 19.6. The van der Waals surface area contributed by atoms with Crippen molar-refractivity contribution in [3.63, 3.8) is 0 Å². The molecule has 3 aromatic rings. The summed E-state index contributed by atoms with van der Waals surface area (Å²) in [6.45, 7) is 1.75. The molecule has 0 saturated carbocycles. The molecule has 32 heavy (non-hydrogen) atoms. The van der Waals surface area contributed by atoms with Gasteiger partial charge in [0.15, 0.2) is 0 Å². The number of hydrogen-bond acceptors (Lipinski definition) is 4. The topological polar surface area (TPSA) is 58.6 Å². The molecule has 2 amide bonds. The summed E-state index contributed by atoms with van der Waals surface area (Å²) >= 11 is 6.13. The average molecular weight is 451 g/mol. The number of rotatable bonds is 6. The minimum absolute atomic E-state index is 0.0794. The molecular formula is C25H20ClFN2O3. The number of imide groups is 1. The van der Waals surface area contributed by atoms with Crippen molar-refractivity contribution in [2.75, 3.05) is 12.4 Å². The van der Waals surface area contributed by atoms with Gasteiger partial charge in [-0.15, -0.1) is 0 Å². The first-order chi connectivity index (χ1) is 15.4. The van der Waals surface area contributed by atoms with E-state index in [1.165, 1.54) is 13.2 Å². The van der Waals surface area contributed by atoms with E-state index in [0.29, 0.717) is 22.0 Å². The van der Waals surface area contributed by atoms with Gasteiger partial charge in [-0.25, -0.2) is 4.39 Å². The molecule has 0 unspecified atom stereocenters. The zero-order valence-electron chi connectivity index (χ0n) is 17.5. The predicted octanol–water partition coefficient (Wildman–Crippen LogP) is 5.19. The maximum atomic E-state index is 14.2. The molecule has 0 saturated heterocycles. The smallest absolute Gasteiger partial charge is 0.278 e. The van der Waals surface area contributed by atoms with Gasteiger partial charge >= 0.3 is 0 Å². The molecule has 5 nitrogen and oxygen atoms in total. The number of methoxy groups -OCH3 is 1. The Morgan fingerprint density at radius 3 is 2.41 bits per heavy atom. The van der Waals surface area contributed by atoms with Crippen molar-refractivity contribution < 1.29 is 18.7 Å². The van der Waals surface area contributed by atoms with Crippen LogP contribution in [-0.2, 0) is 16.1 Å². The van der Waals surface area contributed by atoms with Gasteiger partial charge in [0.25, 0.3) is 11.8 Å². The van der Waals surface area contributed by atoms with Crippen LogP contribution in [-0.4, -0.2) is 23.8 Å². The molecule has 1 N–H and O–H groups in total. The molecule has 0 fully saturated rings. The summed E-state index contributed by atoms with van der Waals surface area (Å²) in [7, 11) is 1.50. The van der Waals surface area contributed by atoms with E-state index in [0.717, 1.165) is 10.5 Å². The number of anilines is 1. The van der Waals surface area contributed by atoms with Crippen LogP contribution in [0.5, 0.6) is 5.75 Å². The van der Waals surface area contributed by atoms with Crippen LogP contribution in [0, 0.1) is 12.7 Å². The first-order valence-corrected chi connectivity index (χ1v) is 10.3. The second kappa shape index (κ2) is 8.85. The normalized spacial score (nSPS) is 13.7. The van der Waals surface area contributed by atoms with Crippen LogP contribution < -0.4 is 10.1 Å². The monoisotopic (exact) mass is 450 g/mol. The highest BCUT2D eigenvalue weighted by Crippen LogP contribution is 2.35. The third-order valence-electron chi connectivity index (χ3n) is 5.22. The van der Waals surface area contributed by atoms with E-state index in [4.69, 9.17) is 16.3 Å². The van der Waals surface area contributed by atoms with Crippen LogP contribution in [0.2, 0.25) is 5.02 Å². The van der Waals surface area contributed by atoms with Crippen molar-refractivity contribution in [1.29, 1.82) is 0 Å². The summed E-state index contributed by atoms with van der Waals surface area (Å²) in [5, 5.41) is 3.48. The van der Waals surface area contributed by atoms with Crippen LogP contribution >= 0.6 is 11.6 Å². The zero-order chi connectivity index (χ0) is 22.8. The lowest BCUT2D eigenvalue weighted by Gasteiger charge is -2.16. The van der Waals surface area contributed by atoms with E-state index in [-0.39, 0.29) is 23.4 Å². The number of aryl methyl sites for hydroxylation is 1. The number of nitrogens with zero attached hydrogens (tertiary/aromatic N) is 1. The van der Waals surface area contributed by atoms with Crippen molar-refractivity contribution in [1.82, 2.24) is 4.90 Å². The molecule has 0 aromatic heterocycles. The lowest BCUT2D eigenvalue weighted by molar-refractivity contribution is -0.137. The van der Waals surface area contributed by atoms with Crippen molar-refractivity contribution in [3.05, 3.63) is 100.0 Å². The summed E-state index contributed by atoms with van der Waals surface area (Å²) in [4.78, 5) is 27.8. The summed E-state index contributed by atoms with van der Waals surface area (Å²) in [5.74, 6) is -1.10. The summed E-state index contributed by atoms with van der Waals surface area (Å²) in [5.41, 5.74) is 2.56. The van der Waals surface area contributed by atoms with Crippen molar-refractivity contribution >= 4 is 34.7 Å². The number of amides is 2. The first-order valence-electron chi connectivity index (χ1n) is 9.90. The van der Waals surface area contributed by atoms with Crippen molar-refractivity contribution in [2.24, 2.45) is 0 Å². The quantitative estimate of drug-likeness (QED) is 0.525. The summed E-state index contributed by atoms with van der Waals surface area (Å²) in [6.07, 6.45) is 0. The molecule has 0 atom stereocenters. The lowest BCUT2D eigenvalue weighted by atomic mass is 10.0. The highest BCUT2D eigenvalue weighted by atomic mass is 35.5. The molecule has 0 spiro atoms. The fourth-order valence-corrected chi connectivity index (χ4v) is 3.71. The van der Waals surface area contributed by atoms with E-state index in [9.17, 15) is 14.0 Å².